The average Bonchev–Trinajstić information content (AvgIpc) is 2.94. The number of anilines is 1. The Labute approximate surface area is 252 Å². The van der Waals surface area contributed by atoms with E-state index in [4.69, 9.17) is 27.9 Å². The second-order valence-corrected chi connectivity index (χ2v) is 12.2. The topological polar surface area (TPSA) is 96.0 Å². The van der Waals surface area contributed by atoms with Crippen LogP contribution in [0.4, 0.5) is 5.69 Å². The lowest BCUT2D eigenvalue weighted by atomic mass is 10.1. The molecule has 0 saturated carbocycles. The molecule has 0 radical (unpaired) electrons. The first kappa shape index (κ1) is 32.2. The van der Waals surface area contributed by atoms with Gasteiger partial charge in [0.05, 0.1) is 17.2 Å². The zero-order chi connectivity index (χ0) is 30.2. The van der Waals surface area contributed by atoms with E-state index in [1.54, 1.807) is 61.5 Å². The van der Waals surface area contributed by atoms with E-state index in [2.05, 4.69) is 5.32 Å². The number of carbonyl (C=O) groups excluding carboxylic acids is 2. The highest BCUT2D eigenvalue weighted by Gasteiger charge is 2.32. The maximum atomic E-state index is 14.0. The number of rotatable bonds is 13. The van der Waals surface area contributed by atoms with E-state index in [9.17, 15) is 18.0 Å². The number of aryl methyl sites for hydroxylation is 1. The van der Waals surface area contributed by atoms with Gasteiger partial charge in [-0.1, -0.05) is 53.9 Å². The van der Waals surface area contributed by atoms with E-state index in [1.807, 2.05) is 20.8 Å². The van der Waals surface area contributed by atoms with Crippen LogP contribution in [0.3, 0.4) is 0 Å². The van der Waals surface area contributed by atoms with Gasteiger partial charge in [0.1, 0.15) is 18.3 Å². The number of nitrogens with one attached hydrogen (secondary N) is 1. The van der Waals surface area contributed by atoms with Gasteiger partial charge in [-0.25, -0.2) is 8.42 Å². The minimum Gasteiger partial charge on any atom is -0.494 e. The first-order chi connectivity index (χ1) is 19.5. The molecule has 0 fully saturated rings. The van der Waals surface area contributed by atoms with Crippen LogP contribution in [-0.4, -0.2) is 50.9 Å². The second-order valence-electron chi connectivity index (χ2n) is 9.48. The Balaban J connectivity index is 2.04. The van der Waals surface area contributed by atoms with E-state index in [0.29, 0.717) is 34.5 Å². The Morgan fingerprint density at radius 3 is 2.22 bits per heavy atom. The molecule has 0 aliphatic rings. The lowest BCUT2D eigenvalue weighted by Gasteiger charge is -2.32. The van der Waals surface area contributed by atoms with Crippen LogP contribution in [0.15, 0.2) is 71.6 Å². The summed E-state index contributed by atoms with van der Waals surface area (Å²) in [4.78, 5) is 28.3. The summed E-state index contributed by atoms with van der Waals surface area (Å²) in [5, 5.41) is 3.56. The van der Waals surface area contributed by atoms with Gasteiger partial charge in [-0.2, -0.15) is 0 Å². The number of halogens is 2. The number of ether oxygens (including phenoxy) is 1. The summed E-state index contributed by atoms with van der Waals surface area (Å²) >= 11 is 12.5. The summed E-state index contributed by atoms with van der Waals surface area (Å²) in [6, 6.07) is 16.8. The van der Waals surface area contributed by atoms with Crippen molar-refractivity contribution in [3.63, 3.8) is 0 Å². The van der Waals surface area contributed by atoms with Crippen molar-refractivity contribution in [2.24, 2.45) is 0 Å². The van der Waals surface area contributed by atoms with Crippen LogP contribution in [0.5, 0.6) is 5.75 Å². The predicted molar refractivity (Wildman–Crippen MR) is 163 cm³/mol. The van der Waals surface area contributed by atoms with Crippen molar-refractivity contribution in [1.82, 2.24) is 10.2 Å². The summed E-state index contributed by atoms with van der Waals surface area (Å²) in [5.74, 6) is -0.380. The van der Waals surface area contributed by atoms with Crippen LogP contribution in [0, 0.1) is 6.92 Å². The highest BCUT2D eigenvalue weighted by Crippen LogP contribution is 2.28. The van der Waals surface area contributed by atoms with Crippen LogP contribution in [0.25, 0.3) is 0 Å². The summed E-state index contributed by atoms with van der Waals surface area (Å²) in [6.07, 6.45) is 0.718. The van der Waals surface area contributed by atoms with Crippen molar-refractivity contribution in [2.45, 2.75) is 51.6 Å². The van der Waals surface area contributed by atoms with Crippen LogP contribution in [0.1, 0.15) is 38.3 Å². The number of hydrogen-bond acceptors (Lipinski definition) is 5. The average molecular weight is 621 g/mol. The molecule has 3 aromatic carbocycles. The Kier molecular flexibility index (Phi) is 11.5. The standard InChI is InChI=1S/C30H35Cl2N3O5S/c1-5-17-33-30(37)22(4)34(19-23-9-10-24(31)18-28(23)32)29(36)20-35(25-11-13-26(14-12-25)40-6-2)41(38,39)27-15-7-21(3)8-16-27/h7-16,18,22H,5-6,17,19-20H2,1-4H3,(H,33,37)/t22-/m1/s1. The fourth-order valence-corrected chi connectivity index (χ4v) is 5.94. The van der Waals surface area contributed by atoms with E-state index in [-0.39, 0.29) is 23.0 Å². The van der Waals surface area contributed by atoms with E-state index < -0.39 is 28.5 Å². The molecule has 0 aliphatic carbocycles. The van der Waals surface area contributed by atoms with Gasteiger partial charge in [-0.3, -0.25) is 13.9 Å². The first-order valence-electron chi connectivity index (χ1n) is 13.3. The molecule has 1 atom stereocenters. The third-order valence-corrected chi connectivity index (χ3v) is 8.77. The van der Waals surface area contributed by atoms with Crippen LogP contribution in [0.2, 0.25) is 10.0 Å². The van der Waals surface area contributed by atoms with Crippen molar-refractivity contribution in [1.29, 1.82) is 0 Å². The fraction of sp³-hybridized carbons (Fsp3) is 0.333. The molecule has 0 bridgehead atoms. The normalized spacial score (nSPS) is 12.0. The third kappa shape index (κ3) is 8.38. The molecule has 1 N–H and O–H groups in total. The van der Waals surface area contributed by atoms with Crippen molar-refractivity contribution >= 4 is 50.7 Å². The van der Waals surface area contributed by atoms with Crippen LogP contribution >= 0.6 is 23.2 Å². The number of amides is 2. The van der Waals surface area contributed by atoms with Gasteiger partial charge in [-0.15, -0.1) is 0 Å². The molecule has 3 rings (SSSR count). The molecule has 0 aliphatic heterocycles. The first-order valence-corrected chi connectivity index (χ1v) is 15.5. The number of hydrogen-bond donors (Lipinski definition) is 1. The molecule has 11 heteroatoms. The van der Waals surface area contributed by atoms with Gasteiger partial charge < -0.3 is 15.0 Å². The Bertz CT molecular complexity index is 1450. The molecular weight excluding hydrogens is 585 g/mol. The summed E-state index contributed by atoms with van der Waals surface area (Å²) in [7, 11) is -4.17. The molecule has 0 unspecified atom stereocenters. The fourth-order valence-electron chi connectivity index (χ4n) is 4.05. The van der Waals surface area contributed by atoms with Crippen molar-refractivity contribution in [3.05, 3.63) is 87.9 Å². The van der Waals surface area contributed by atoms with E-state index >= 15 is 0 Å². The van der Waals surface area contributed by atoms with Gasteiger partial charge in [0.15, 0.2) is 0 Å². The third-order valence-electron chi connectivity index (χ3n) is 6.40. The number of benzene rings is 3. The smallest absolute Gasteiger partial charge is 0.264 e. The van der Waals surface area contributed by atoms with E-state index in [1.165, 1.54) is 17.0 Å². The zero-order valence-electron chi connectivity index (χ0n) is 23.6. The van der Waals surface area contributed by atoms with Crippen LogP contribution in [-0.2, 0) is 26.2 Å². The highest BCUT2D eigenvalue weighted by molar-refractivity contribution is 7.92. The van der Waals surface area contributed by atoms with Gasteiger partial charge in [0.2, 0.25) is 11.8 Å². The van der Waals surface area contributed by atoms with Gasteiger partial charge >= 0.3 is 0 Å². The maximum Gasteiger partial charge on any atom is 0.264 e. The lowest BCUT2D eigenvalue weighted by Crippen LogP contribution is -2.51. The number of sulfonamides is 1. The monoisotopic (exact) mass is 619 g/mol. The summed E-state index contributed by atoms with van der Waals surface area (Å²) in [6.45, 7) is 7.53. The van der Waals surface area contributed by atoms with Gasteiger partial charge in [0, 0.05) is 23.1 Å². The van der Waals surface area contributed by atoms with Crippen molar-refractivity contribution in [2.75, 3.05) is 24.0 Å². The second kappa shape index (κ2) is 14.6. The Morgan fingerprint density at radius 2 is 1.63 bits per heavy atom. The lowest BCUT2D eigenvalue weighted by molar-refractivity contribution is -0.139. The summed E-state index contributed by atoms with van der Waals surface area (Å²) in [5.41, 5.74) is 1.73. The molecule has 0 spiro atoms. The molecular formula is C30H35Cl2N3O5S. The molecule has 0 aromatic heterocycles. The van der Waals surface area contributed by atoms with Crippen molar-refractivity contribution < 1.29 is 22.7 Å². The molecule has 41 heavy (non-hydrogen) atoms. The van der Waals surface area contributed by atoms with Crippen LogP contribution < -0.4 is 14.4 Å². The zero-order valence-corrected chi connectivity index (χ0v) is 25.9. The molecule has 0 saturated heterocycles. The summed E-state index contributed by atoms with van der Waals surface area (Å²) < 4.78 is 34.4. The van der Waals surface area contributed by atoms with E-state index in [0.717, 1.165) is 16.3 Å². The van der Waals surface area contributed by atoms with Gasteiger partial charge in [0.25, 0.3) is 10.0 Å². The Hall–Kier alpha value is -3.27. The molecule has 8 nitrogen and oxygen atoms in total. The SMILES string of the molecule is CCCNC(=O)[C@@H](C)N(Cc1ccc(Cl)cc1Cl)C(=O)CN(c1ccc(OCC)cc1)S(=O)(=O)c1ccc(C)cc1. The molecule has 220 valence electrons. The maximum absolute atomic E-state index is 14.0. The largest absolute Gasteiger partial charge is 0.494 e. The van der Waals surface area contributed by atoms with Crippen molar-refractivity contribution in [3.8, 4) is 5.75 Å². The molecule has 3 aromatic rings. The van der Waals surface area contributed by atoms with Gasteiger partial charge in [-0.05, 0) is 81.3 Å². The Morgan fingerprint density at radius 1 is 0.976 bits per heavy atom. The quantitative estimate of drug-likeness (QED) is 0.259. The predicted octanol–water partition coefficient (Wildman–Crippen LogP) is 5.84. The number of nitrogens with zero attached hydrogens (tertiary/aromatic N) is 2. The molecule has 0 heterocycles. The highest BCUT2D eigenvalue weighted by atomic mass is 35.5. The minimum atomic E-state index is -4.17. The minimum absolute atomic E-state index is 0.0305. The molecule has 2 amide bonds. The number of carbonyl (C=O) groups is 2.